The van der Waals surface area contributed by atoms with Crippen molar-refractivity contribution in [2.45, 2.75) is 64.5 Å². The van der Waals surface area contributed by atoms with Gasteiger partial charge in [-0.1, -0.05) is 26.0 Å². The van der Waals surface area contributed by atoms with Gasteiger partial charge in [0.1, 0.15) is 5.82 Å². The van der Waals surface area contributed by atoms with E-state index in [0.29, 0.717) is 18.0 Å². The molecule has 1 nitrogen and oxygen atoms in total. The summed E-state index contributed by atoms with van der Waals surface area (Å²) in [6.45, 7) is 6.82. The summed E-state index contributed by atoms with van der Waals surface area (Å²) in [7, 11) is 0. The monoisotopic (exact) mass is 263 g/mol. The Bertz CT molecular complexity index is 396. The fraction of sp³-hybridized carbons (Fsp3) is 0.647. The Labute approximate surface area is 116 Å². The van der Waals surface area contributed by atoms with Crippen LogP contribution in [0.5, 0.6) is 0 Å². The normalized spacial score (nSPS) is 24.3. The highest BCUT2D eigenvalue weighted by atomic mass is 19.1. The molecule has 1 fully saturated rings. The maximum absolute atomic E-state index is 13.2. The highest BCUT2D eigenvalue weighted by Gasteiger charge is 2.30. The summed E-state index contributed by atoms with van der Waals surface area (Å²) in [5.74, 6) is 1.22. The zero-order chi connectivity index (χ0) is 13.8. The van der Waals surface area contributed by atoms with Crippen LogP contribution in [0.1, 0.15) is 57.9 Å². The lowest BCUT2D eigenvalue weighted by Crippen LogP contribution is -2.44. The van der Waals surface area contributed by atoms with Gasteiger partial charge < -0.3 is 5.32 Å². The molecule has 0 aliphatic heterocycles. The molecule has 1 N–H and O–H groups in total. The largest absolute Gasteiger partial charge is 0.311 e. The summed E-state index contributed by atoms with van der Waals surface area (Å²) in [6, 6.07) is 8.29. The van der Waals surface area contributed by atoms with Crippen molar-refractivity contribution in [3.8, 4) is 0 Å². The summed E-state index contributed by atoms with van der Waals surface area (Å²) in [6.07, 6.45) is 4.83. The van der Waals surface area contributed by atoms with Gasteiger partial charge in [0.25, 0.3) is 0 Å². The topological polar surface area (TPSA) is 12.0 Å². The zero-order valence-electron chi connectivity index (χ0n) is 12.3. The Morgan fingerprint density at radius 1 is 1.21 bits per heavy atom. The van der Waals surface area contributed by atoms with Gasteiger partial charge in [-0.25, -0.2) is 4.39 Å². The average Bonchev–Trinajstić information content (AvgIpc) is 2.30. The Hall–Kier alpha value is -0.890. The molecular formula is C17H26FN. The van der Waals surface area contributed by atoms with E-state index in [1.807, 2.05) is 12.1 Å². The van der Waals surface area contributed by atoms with Crippen LogP contribution in [-0.4, -0.2) is 12.1 Å². The van der Waals surface area contributed by atoms with Crippen LogP contribution in [0.4, 0.5) is 4.39 Å². The Morgan fingerprint density at radius 2 is 1.95 bits per heavy atom. The Morgan fingerprint density at radius 3 is 2.58 bits per heavy atom. The van der Waals surface area contributed by atoms with Crippen molar-refractivity contribution >= 4 is 0 Å². The molecule has 0 bridgehead atoms. The minimum atomic E-state index is -0.112. The third-order valence-electron chi connectivity index (χ3n) is 4.16. The summed E-state index contributed by atoms with van der Waals surface area (Å²) in [5.41, 5.74) is 1.16. The van der Waals surface area contributed by atoms with E-state index in [9.17, 15) is 4.39 Å². The molecule has 0 radical (unpaired) electrons. The predicted octanol–water partition coefficient (Wildman–Crippen LogP) is 4.49. The molecule has 106 valence electrons. The average molecular weight is 263 g/mol. The number of rotatable bonds is 6. The number of benzene rings is 1. The lowest BCUT2D eigenvalue weighted by Gasteiger charge is -2.38. The molecule has 0 heterocycles. The van der Waals surface area contributed by atoms with Crippen molar-refractivity contribution in [2.24, 2.45) is 5.92 Å². The molecule has 0 amide bonds. The first-order chi connectivity index (χ1) is 9.04. The molecule has 0 aromatic heterocycles. The fourth-order valence-electron chi connectivity index (χ4n) is 2.86. The van der Waals surface area contributed by atoms with Crippen molar-refractivity contribution in [1.82, 2.24) is 5.32 Å². The van der Waals surface area contributed by atoms with Crippen LogP contribution < -0.4 is 5.32 Å². The summed E-state index contributed by atoms with van der Waals surface area (Å²) in [4.78, 5) is 0. The van der Waals surface area contributed by atoms with Crippen LogP contribution in [0, 0.1) is 11.7 Å². The standard InChI is InChI=1S/C17H26FN/c1-12(2)7-8-13(3)19-17-10-15(11-17)14-5-4-6-16(18)9-14/h4-6,9,12-13,15,17,19H,7-8,10-11H2,1-3H3. The first kappa shape index (κ1) is 14.5. The lowest BCUT2D eigenvalue weighted by molar-refractivity contribution is 0.260. The molecule has 1 aliphatic rings. The molecule has 1 aromatic rings. The first-order valence-corrected chi connectivity index (χ1v) is 7.56. The van der Waals surface area contributed by atoms with Crippen LogP contribution in [0.15, 0.2) is 24.3 Å². The number of nitrogens with one attached hydrogen (secondary N) is 1. The van der Waals surface area contributed by atoms with Gasteiger partial charge in [-0.2, -0.15) is 0 Å². The van der Waals surface area contributed by atoms with E-state index < -0.39 is 0 Å². The molecule has 1 unspecified atom stereocenters. The molecule has 19 heavy (non-hydrogen) atoms. The van der Waals surface area contributed by atoms with E-state index in [1.165, 1.54) is 18.9 Å². The molecule has 1 saturated carbocycles. The van der Waals surface area contributed by atoms with Crippen LogP contribution in [0.3, 0.4) is 0 Å². The second kappa shape index (κ2) is 6.51. The second-order valence-electron chi connectivity index (χ2n) is 6.46. The third kappa shape index (κ3) is 4.31. The van der Waals surface area contributed by atoms with Gasteiger partial charge in [-0.3, -0.25) is 0 Å². The zero-order valence-corrected chi connectivity index (χ0v) is 12.3. The van der Waals surface area contributed by atoms with E-state index in [2.05, 4.69) is 26.1 Å². The molecule has 2 rings (SSSR count). The highest BCUT2D eigenvalue weighted by Crippen LogP contribution is 2.37. The lowest BCUT2D eigenvalue weighted by atomic mass is 9.75. The number of halogens is 1. The summed E-state index contributed by atoms with van der Waals surface area (Å²) < 4.78 is 13.2. The van der Waals surface area contributed by atoms with Crippen molar-refractivity contribution in [3.63, 3.8) is 0 Å². The van der Waals surface area contributed by atoms with Gasteiger partial charge in [-0.05, 0) is 62.1 Å². The maximum Gasteiger partial charge on any atom is 0.123 e. The van der Waals surface area contributed by atoms with Gasteiger partial charge in [0.2, 0.25) is 0 Å². The SMILES string of the molecule is CC(C)CCC(C)NC1CC(c2cccc(F)c2)C1. The minimum Gasteiger partial charge on any atom is -0.311 e. The van der Waals surface area contributed by atoms with Crippen LogP contribution in [-0.2, 0) is 0 Å². The van der Waals surface area contributed by atoms with E-state index >= 15 is 0 Å². The van der Waals surface area contributed by atoms with Gasteiger partial charge >= 0.3 is 0 Å². The quantitative estimate of drug-likeness (QED) is 0.797. The smallest absolute Gasteiger partial charge is 0.123 e. The van der Waals surface area contributed by atoms with E-state index in [1.54, 1.807) is 6.07 Å². The van der Waals surface area contributed by atoms with Gasteiger partial charge in [-0.15, -0.1) is 0 Å². The molecule has 1 atom stereocenters. The molecule has 2 heteroatoms. The minimum absolute atomic E-state index is 0.112. The fourth-order valence-corrected chi connectivity index (χ4v) is 2.86. The third-order valence-corrected chi connectivity index (χ3v) is 4.16. The molecule has 0 saturated heterocycles. The van der Waals surface area contributed by atoms with Crippen LogP contribution >= 0.6 is 0 Å². The van der Waals surface area contributed by atoms with Crippen molar-refractivity contribution < 1.29 is 4.39 Å². The van der Waals surface area contributed by atoms with Gasteiger partial charge in [0, 0.05) is 12.1 Å². The van der Waals surface area contributed by atoms with Gasteiger partial charge in [0.05, 0.1) is 0 Å². The maximum atomic E-state index is 13.2. The highest BCUT2D eigenvalue weighted by molar-refractivity contribution is 5.23. The van der Waals surface area contributed by atoms with Crippen molar-refractivity contribution in [3.05, 3.63) is 35.6 Å². The van der Waals surface area contributed by atoms with Crippen molar-refractivity contribution in [2.75, 3.05) is 0 Å². The van der Waals surface area contributed by atoms with E-state index in [4.69, 9.17) is 0 Å². The van der Waals surface area contributed by atoms with Crippen molar-refractivity contribution in [1.29, 1.82) is 0 Å². The molecule has 0 spiro atoms. The number of hydrogen-bond donors (Lipinski definition) is 1. The summed E-state index contributed by atoms with van der Waals surface area (Å²) >= 11 is 0. The summed E-state index contributed by atoms with van der Waals surface area (Å²) in [5, 5.41) is 3.69. The first-order valence-electron chi connectivity index (χ1n) is 7.56. The van der Waals surface area contributed by atoms with Gasteiger partial charge in [0.15, 0.2) is 0 Å². The Balaban J connectivity index is 1.71. The molecule has 1 aliphatic carbocycles. The number of hydrogen-bond acceptors (Lipinski definition) is 1. The molecular weight excluding hydrogens is 237 g/mol. The van der Waals surface area contributed by atoms with Crippen LogP contribution in [0.2, 0.25) is 0 Å². The second-order valence-corrected chi connectivity index (χ2v) is 6.46. The van der Waals surface area contributed by atoms with E-state index in [-0.39, 0.29) is 5.82 Å². The Kier molecular flexibility index (Phi) is 4.98. The van der Waals surface area contributed by atoms with Crippen LogP contribution in [0.25, 0.3) is 0 Å². The van der Waals surface area contributed by atoms with E-state index in [0.717, 1.165) is 24.3 Å². The molecule has 1 aromatic carbocycles. The predicted molar refractivity (Wildman–Crippen MR) is 78.8 cm³/mol.